The van der Waals surface area contributed by atoms with Crippen molar-refractivity contribution in [2.75, 3.05) is 7.11 Å². The number of hydrogen-bond donors (Lipinski definition) is 2. The van der Waals surface area contributed by atoms with Gasteiger partial charge < -0.3 is 15.2 Å². The Labute approximate surface area is 98.2 Å². The van der Waals surface area contributed by atoms with Crippen LogP contribution in [0.25, 0.3) is 0 Å². The zero-order valence-electron chi connectivity index (χ0n) is 9.05. The number of rotatable bonds is 3. The second-order valence-electron chi connectivity index (χ2n) is 3.93. The van der Waals surface area contributed by atoms with E-state index in [9.17, 15) is 9.90 Å². The lowest BCUT2D eigenvalue weighted by molar-refractivity contribution is 0.000210. The second-order valence-corrected chi connectivity index (χ2v) is 4.71. The van der Waals surface area contributed by atoms with Gasteiger partial charge in [0.2, 0.25) is 0 Å². The van der Waals surface area contributed by atoms with Crippen molar-refractivity contribution in [1.82, 2.24) is 5.32 Å². The molecule has 88 valence electrons. The molecule has 1 aromatic heterocycles. The molecule has 1 fully saturated rings. The third-order valence-corrected chi connectivity index (χ3v) is 3.64. The van der Waals surface area contributed by atoms with E-state index < -0.39 is 6.10 Å². The molecule has 3 atom stereocenters. The van der Waals surface area contributed by atoms with Crippen LogP contribution in [0.4, 0.5) is 0 Å². The summed E-state index contributed by atoms with van der Waals surface area (Å²) in [5.41, 5.74) is 0.651. The molecule has 16 heavy (non-hydrogen) atoms. The molecule has 1 aromatic rings. The van der Waals surface area contributed by atoms with Crippen LogP contribution in [0.2, 0.25) is 0 Å². The van der Waals surface area contributed by atoms with Gasteiger partial charge in [-0.05, 0) is 24.3 Å². The number of ether oxygens (including phenoxy) is 1. The number of aliphatic hydroxyl groups is 1. The van der Waals surface area contributed by atoms with E-state index in [4.69, 9.17) is 4.74 Å². The molecular formula is C11H15NO3S. The van der Waals surface area contributed by atoms with Gasteiger partial charge in [-0.15, -0.1) is 0 Å². The van der Waals surface area contributed by atoms with E-state index in [2.05, 4.69) is 5.32 Å². The van der Waals surface area contributed by atoms with E-state index in [0.717, 1.165) is 12.8 Å². The number of carbonyl (C=O) groups excluding carboxylic acids is 1. The van der Waals surface area contributed by atoms with Crippen molar-refractivity contribution in [1.29, 1.82) is 0 Å². The highest BCUT2D eigenvalue weighted by atomic mass is 32.1. The quantitative estimate of drug-likeness (QED) is 0.830. The number of thiophene rings is 1. The highest BCUT2D eigenvalue weighted by molar-refractivity contribution is 7.08. The third kappa shape index (κ3) is 2.26. The Hall–Kier alpha value is -0.910. The predicted molar refractivity (Wildman–Crippen MR) is 61.6 cm³/mol. The number of methoxy groups -OCH3 is 1. The Balaban J connectivity index is 1.94. The summed E-state index contributed by atoms with van der Waals surface area (Å²) in [6, 6.07) is 1.58. The molecule has 1 aliphatic carbocycles. The van der Waals surface area contributed by atoms with Gasteiger partial charge in [-0.3, -0.25) is 4.79 Å². The number of aliphatic hydroxyl groups excluding tert-OH is 1. The number of nitrogens with one attached hydrogen (secondary N) is 1. The minimum Gasteiger partial charge on any atom is -0.388 e. The van der Waals surface area contributed by atoms with Crippen LogP contribution >= 0.6 is 11.3 Å². The highest BCUT2D eigenvalue weighted by Gasteiger charge is 2.35. The lowest BCUT2D eigenvalue weighted by Crippen LogP contribution is -2.43. The summed E-state index contributed by atoms with van der Waals surface area (Å²) in [6.07, 6.45) is 0.780. The van der Waals surface area contributed by atoms with Gasteiger partial charge in [0.25, 0.3) is 5.91 Å². The Kier molecular flexibility index (Phi) is 3.58. The summed E-state index contributed by atoms with van der Waals surface area (Å²) in [7, 11) is 1.58. The fourth-order valence-corrected chi connectivity index (χ4v) is 2.64. The van der Waals surface area contributed by atoms with Crippen molar-refractivity contribution in [3.63, 3.8) is 0 Å². The van der Waals surface area contributed by atoms with E-state index >= 15 is 0 Å². The van der Waals surface area contributed by atoms with Crippen molar-refractivity contribution in [2.45, 2.75) is 31.1 Å². The van der Waals surface area contributed by atoms with Crippen LogP contribution in [-0.2, 0) is 4.74 Å². The topological polar surface area (TPSA) is 58.6 Å². The molecule has 0 radical (unpaired) electrons. The molecule has 5 heteroatoms. The van der Waals surface area contributed by atoms with Crippen LogP contribution in [0, 0.1) is 0 Å². The van der Waals surface area contributed by atoms with E-state index in [1.165, 1.54) is 11.3 Å². The smallest absolute Gasteiger partial charge is 0.252 e. The van der Waals surface area contributed by atoms with Crippen LogP contribution in [0.1, 0.15) is 23.2 Å². The van der Waals surface area contributed by atoms with Gasteiger partial charge in [-0.25, -0.2) is 0 Å². The maximum atomic E-state index is 11.7. The van der Waals surface area contributed by atoms with Gasteiger partial charge in [-0.2, -0.15) is 11.3 Å². The van der Waals surface area contributed by atoms with Gasteiger partial charge in [0.05, 0.1) is 12.1 Å². The standard InChI is InChI=1S/C11H15NO3S/c1-15-9-3-2-8(10(9)13)12-11(14)7-4-5-16-6-7/h4-6,8-10,13H,2-3H2,1H3,(H,12,14)/t8-,9-,10-/m1/s1. The van der Waals surface area contributed by atoms with Gasteiger partial charge in [0.1, 0.15) is 6.10 Å². The summed E-state index contributed by atoms with van der Waals surface area (Å²) in [4.78, 5) is 11.7. The molecule has 0 aromatic carbocycles. The molecular weight excluding hydrogens is 226 g/mol. The van der Waals surface area contributed by atoms with Crippen LogP contribution in [0.5, 0.6) is 0 Å². The summed E-state index contributed by atoms with van der Waals surface area (Å²) in [6.45, 7) is 0. The molecule has 4 nitrogen and oxygen atoms in total. The minimum absolute atomic E-state index is 0.123. The van der Waals surface area contributed by atoms with Gasteiger partial charge >= 0.3 is 0 Å². The second kappa shape index (κ2) is 4.95. The van der Waals surface area contributed by atoms with E-state index in [-0.39, 0.29) is 18.1 Å². The molecule has 1 heterocycles. The first-order valence-electron chi connectivity index (χ1n) is 5.26. The maximum Gasteiger partial charge on any atom is 0.252 e. The van der Waals surface area contributed by atoms with E-state index in [0.29, 0.717) is 5.56 Å². The van der Waals surface area contributed by atoms with Crippen molar-refractivity contribution >= 4 is 17.2 Å². The molecule has 0 saturated heterocycles. The first-order valence-corrected chi connectivity index (χ1v) is 6.20. The van der Waals surface area contributed by atoms with Gasteiger partial charge in [0.15, 0.2) is 0 Å². The zero-order chi connectivity index (χ0) is 11.5. The fourth-order valence-electron chi connectivity index (χ4n) is 2.00. The molecule has 1 amide bonds. The summed E-state index contributed by atoms with van der Waals surface area (Å²) >= 11 is 1.48. The Bertz CT molecular complexity index is 352. The molecule has 2 N–H and O–H groups in total. The normalized spacial score (nSPS) is 29.2. The average molecular weight is 241 g/mol. The van der Waals surface area contributed by atoms with E-state index in [1.807, 2.05) is 5.38 Å². The van der Waals surface area contributed by atoms with Crippen molar-refractivity contribution in [2.24, 2.45) is 0 Å². The first-order chi connectivity index (χ1) is 7.72. The van der Waals surface area contributed by atoms with Crippen LogP contribution in [0.15, 0.2) is 16.8 Å². The van der Waals surface area contributed by atoms with Crippen LogP contribution < -0.4 is 5.32 Å². The predicted octanol–water partition coefficient (Wildman–Crippen LogP) is 1.02. The van der Waals surface area contributed by atoms with Crippen molar-refractivity contribution in [3.8, 4) is 0 Å². The largest absolute Gasteiger partial charge is 0.388 e. The van der Waals surface area contributed by atoms with Gasteiger partial charge in [-0.1, -0.05) is 0 Å². The summed E-state index contributed by atoms with van der Waals surface area (Å²) in [5.74, 6) is -0.123. The lowest BCUT2D eigenvalue weighted by atomic mass is 10.2. The minimum atomic E-state index is -0.604. The third-order valence-electron chi connectivity index (χ3n) is 2.96. The highest BCUT2D eigenvalue weighted by Crippen LogP contribution is 2.22. The van der Waals surface area contributed by atoms with Crippen molar-refractivity contribution < 1.29 is 14.6 Å². The molecule has 0 aliphatic heterocycles. The van der Waals surface area contributed by atoms with E-state index in [1.54, 1.807) is 18.6 Å². The SMILES string of the molecule is CO[C@@H]1CC[C@@H](NC(=O)c2ccsc2)[C@H]1O. The maximum absolute atomic E-state index is 11.7. The monoisotopic (exact) mass is 241 g/mol. The molecule has 1 aliphatic rings. The van der Waals surface area contributed by atoms with Crippen LogP contribution in [-0.4, -0.2) is 36.4 Å². The molecule has 1 saturated carbocycles. The number of hydrogen-bond acceptors (Lipinski definition) is 4. The van der Waals surface area contributed by atoms with Crippen LogP contribution in [0.3, 0.4) is 0 Å². The molecule has 0 spiro atoms. The Morgan fingerprint density at radius 1 is 1.62 bits per heavy atom. The Morgan fingerprint density at radius 3 is 3.00 bits per heavy atom. The number of carbonyl (C=O) groups is 1. The van der Waals surface area contributed by atoms with Gasteiger partial charge in [0, 0.05) is 18.1 Å². The Morgan fingerprint density at radius 2 is 2.44 bits per heavy atom. The summed E-state index contributed by atoms with van der Waals surface area (Å²) in [5, 5.41) is 16.3. The zero-order valence-corrected chi connectivity index (χ0v) is 9.87. The fraction of sp³-hybridized carbons (Fsp3) is 0.545. The first kappa shape index (κ1) is 11.6. The average Bonchev–Trinajstić information content (AvgIpc) is 2.89. The number of amides is 1. The summed E-state index contributed by atoms with van der Waals surface area (Å²) < 4.78 is 5.13. The lowest BCUT2D eigenvalue weighted by Gasteiger charge is -2.19. The molecule has 2 rings (SSSR count). The molecule has 0 bridgehead atoms. The molecule has 0 unspecified atom stereocenters. The van der Waals surface area contributed by atoms with Crippen molar-refractivity contribution in [3.05, 3.63) is 22.4 Å².